The first-order valence-corrected chi connectivity index (χ1v) is 8.85. The van der Waals surface area contributed by atoms with Crippen LogP contribution in [0.25, 0.3) is 0 Å². The van der Waals surface area contributed by atoms with Gasteiger partial charge in [-0.1, -0.05) is 29.4 Å². The van der Waals surface area contributed by atoms with E-state index in [0.29, 0.717) is 11.3 Å². The standard InChI is InChI=1S/C20H16FN5O4/c1-29-14-5-3-4-12(10-14)18(27)15-16(19(28)30-2)22-20-23-24-25-26(20)17(15)11-6-8-13(21)9-7-11/h3-10,17H,1-2H3,(H,22,23,25)/t17-/m0/s1. The molecule has 1 aromatic heterocycles. The number of hydrogen-bond donors (Lipinski definition) is 1. The first-order valence-electron chi connectivity index (χ1n) is 8.85. The van der Waals surface area contributed by atoms with Crippen molar-refractivity contribution in [3.8, 4) is 5.75 Å². The van der Waals surface area contributed by atoms with Crippen LogP contribution in [0.3, 0.4) is 0 Å². The van der Waals surface area contributed by atoms with Crippen LogP contribution in [0.15, 0.2) is 59.8 Å². The summed E-state index contributed by atoms with van der Waals surface area (Å²) in [4.78, 5) is 26.1. The predicted octanol–water partition coefficient (Wildman–Crippen LogP) is 2.15. The van der Waals surface area contributed by atoms with Gasteiger partial charge >= 0.3 is 5.97 Å². The lowest BCUT2D eigenvalue weighted by Crippen LogP contribution is -2.33. The molecule has 1 atom stereocenters. The van der Waals surface area contributed by atoms with Crippen molar-refractivity contribution in [2.75, 3.05) is 19.5 Å². The van der Waals surface area contributed by atoms with E-state index in [1.165, 1.54) is 43.2 Å². The minimum absolute atomic E-state index is 0.0570. The fourth-order valence-electron chi connectivity index (χ4n) is 3.26. The number of anilines is 1. The molecule has 0 saturated heterocycles. The molecule has 0 bridgehead atoms. The van der Waals surface area contributed by atoms with Crippen LogP contribution in [0.1, 0.15) is 22.0 Å². The van der Waals surface area contributed by atoms with E-state index < -0.39 is 23.6 Å². The van der Waals surface area contributed by atoms with Crippen LogP contribution < -0.4 is 10.1 Å². The van der Waals surface area contributed by atoms with E-state index in [-0.39, 0.29) is 22.8 Å². The number of ether oxygens (including phenoxy) is 2. The topological polar surface area (TPSA) is 108 Å². The number of halogens is 1. The van der Waals surface area contributed by atoms with E-state index in [9.17, 15) is 14.0 Å². The molecule has 0 radical (unpaired) electrons. The predicted molar refractivity (Wildman–Crippen MR) is 102 cm³/mol. The number of benzene rings is 2. The van der Waals surface area contributed by atoms with Gasteiger partial charge in [-0.3, -0.25) is 4.79 Å². The molecule has 152 valence electrons. The van der Waals surface area contributed by atoms with Gasteiger partial charge < -0.3 is 14.8 Å². The molecule has 30 heavy (non-hydrogen) atoms. The van der Waals surface area contributed by atoms with Crippen LogP contribution in [0.4, 0.5) is 10.3 Å². The highest BCUT2D eigenvalue weighted by Crippen LogP contribution is 2.37. The molecule has 0 spiro atoms. The molecule has 1 N–H and O–H groups in total. The average molecular weight is 409 g/mol. The molecule has 9 nitrogen and oxygen atoms in total. The molecule has 0 saturated carbocycles. The van der Waals surface area contributed by atoms with Crippen LogP contribution in [0, 0.1) is 5.82 Å². The number of rotatable bonds is 5. The smallest absolute Gasteiger partial charge is 0.355 e. The number of methoxy groups -OCH3 is 2. The molecular formula is C20H16FN5O4. The van der Waals surface area contributed by atoms with Crippen LogP contribution in [0.5, 0.6) is 5.75 Å². The second kappa shape index (κ2) is 7.74. The average Bonchev–Trinajstić information content (AvgIpc) is 3.26. The number of fused-ring (bicyclic) bond motifs is 1. The van der Waals surface area contributed by atoms with Gasteiger partial charge in [-0.05, 0) is 40.3 Å². The Morgan fingerprint density at radius 1 is 1.13 bits per heavy atom. The van der Waals surface area contributed by atoms with Crippen LogP contribution in [-0.2, 0) is 9.53 Å². The van der Waals surface area contributed by atoms with Crippen molar-refractivity contribution in [2.24, 2.45) is 0 Å². The molecular weight excluding hydrogens is 393 g/mol. The molecule has 2 aromatic carbocycles. The zero-order valence-corrected chi connectivity index (χ0v) is 16.0. The van der Waals surface area contributed by atoms with E-state index >= 15 is 0 Å². The lowest BCUT2D eigenvalue weighted by Gasteiger charge is -2.28. The van der Waals surface area contributed by atoms with Crippen molar-refractivity contribution in [2.45, 2.75) is 6.04 Å². The minimum Gasteiger partial charge on any atom is -0.497 e. The Bertz CT molecular complexity index is 1160. The Labute approximate surface area is 170 Å². The van der Waals surface area contributed by atoms with Crippen molar-refractivity contribution >= 4 is 17.7 Å². The maximum atomic E-state index is 13.6. The second-order valence-electron chi connectivity index (χ2n) is 6.37. The van der Waals surface area contributed by atoms with Gasteiger partial charge in [0.05, 0.1) is 19.8 Å². The molecule has 0 amide bonds. The zero-order valence-electron chi connectivity index (χ0n) is 16.0. The maximum Gasteiger partial charge on any atom is 0.355 e. The lowest BCUT2D eigenvalue weighted by molar-refractivity contribution is -0.136. The zero-order chi connectivity index (χ0) is 21.3. The molecule has 2 heterocycles. The van der Waals surface area contributed by atoms with E-state index in [4.69, 9.17) is 9.47 Å². The molecule has 0 aliphatic carbocycles. The molecule has 10 heteroatoms. The lowest BCUT2D eigenvalue weighted by atomic mass is 9.89. The fourth-order valence-corrected chi connectivity index (χ4v) is 3.26. The largest absolute Gasteiger partial charge is 0.497 e. The molecule has 1 aliphatic rings. The Hall–Kier alpha value is -4.08. The Balaban J connectivity index is 1.94. The third kappa shape index (κ3) is 3.28. The van der Waals surface area contributed by atoms with E-state index in [1.54, 1.807) is 24.3 Å². The van der Waals surface area contributed by atoms with Gasteiger partial charge in [0.2, 0.25) is 5.95 Å². The van der Waals surface area contributed by atoms with Gasteiger partial charge in [0.1, 0.15) is 23.3 Å². The number of tetrazole rings is 1. The van der Waals surface area contributed by atoms with Gasteiger partial charge in [-0.25, -0.2) is 9.18 Å². The van der Waals surface area contributed by atoms with Gasteiger partial charge in [0.15, 0.2) is 5.78 Å². The number of hydrogen-bond acceptors (Lipinski definition) is 8. The molecule has 0 fully saturated rings. The number of nitrogens with one attached hydrogen (secondary N) is 1. The maximum absolute atomic E-state index is 13.6. The number of esters is 1. The number of carbonyl (C=O) groups is 2. The summed E-state index contributed by atoms with van der Waals surface area (Å²) < 4.78 is 25.0. The summed E-state index contributed by atoms with van der Waals surface area (Å²) in [6.45, 7) is 0. The summed E-state index contributed by atoms with van der Waals surface area (Å²) in [5, 5.41) is 14.2. The van der Waals surface area contributed by atoms with Gasteiger partial charge in [-0.2, -0.15) is 4.68 Å². The summed E-state index contributed by atoms with van der Waals surface area (Å²) in [5.41, 5.74) is 0.763. The highest BCUT2D eigenvalue weighted by atomic mass is 19.1. The first kappa shape index (κ1) is 19.2. The van der Waals surface area contributed by atoms with Crippen molar-refractivity contribution < 1.29 is 23.5 Å². The first-order chi connectivity index (χ1) is 14.5. The molecule has 4 rings (SSSR count). The van der Waals surface area contributed by atoms with Gasteiger partial charge in [0.25, 0.3) is 0 Å². The normalized spacial score (nSPS) is 15.2. The van der Waals surface area contributed by atoms with Crippen molar-refractivity contribution in [3.63, 3.8) is 0 Å². The van der Waals surface area contributed by atoms with E-state index in [0.717, 1.165) is 0 Å². The minimum atomic E-state index is -0.885. The third-order valence-corrected chi connectivity index (χ3v) is 4.67. The highest BCUT2D eigenvalue weighted by molar-refractivity contribution is 6.15. The number of nitrogens with zero attached hydrogens (tertiary/aromatic N) is 4. The molecule has 0 unspecified atom stereocenters. The van der Waals surface area contributed by atoms with Gasteiger partial charge in [0, 0.05) is 5.56 Å². The van der Waals surface area contributed by atoms with Crippen molar-refractivity contribution in [1.82, 2.24) is 20.2 Å². The van der Waals surface area contributed by atoms with Crippen LogP contribution >= 0.6 is 0 Å². The van der Waals surface area contributed by atoms with Crippen molar-refractivity contribution in [1.29, 1.82) is 0 Å². The summed E-state index contributed by atoms with van der Waals surface area (Å²) >= 11 is 0. The summed E-state index contributed by atoms with van der Waals surface area (Å²) in [6, 6.07) is 11.2. The van der Waals surface area contributed by atoms with Crippen LogP contribution in [-0.4, -0.2) is 46.2 Å². The number of ketones is 1. The SMILES string of the molecule is COC(=O)C1=C(C(=O)c2cccc(OC)c2)[C@H](c2ccc(F)cc2)n2nnnc2N1. The monoisotopic (exact) mass is 409 g/mol. The quantitative estimate of drug-likeness (QED) is 0.504. The number of aromatic nitrogens is 4. The Kier molecular flexibility index (Phi) is 4.97. The Morgan fingerprint density at radius 3 is 2.60 bits per heavy atom. The summed E-state index contributed by atoms with van der Waals surface area (Å²) in [6.07, 6.45) is 0. The van der Waals surface area contributed by atoms with E-state index in [1.807, 2.05) is 0 Å². The third-order valence-electron chi connectivity index (χ3n) is 4.67. The molecule has 3 aromatic rings. The summed E-state index contributed by atoms with van der Waals surface area (Å²) in [7, 11) is 2.69. The second-order valence-corrected chi connectivity index (χ2v) is 6.37. The van der Waals surface area contributed by atoms with Crippen molar-refractivity contribution in [3.05, 3.63) is 76.7 Å². The number of Topliss-reactive ketones (excluding diaryl/α,β-unsaturated/α-hetero) is 1. The Morgan fingerprint density at radius 2 is 1.90 bits per heavy atom. The highest BCUT2D eigenvalue weighted by Gasteiger charge is 2.38. The van der Waals surface area contributed by atoms with E-state index in [2.05, 4.69) is 20.8 Å². The summed E-state index contributed by atoms with van der Waals surface area (Å²) in [5.74, 6) is -1.04. The van der Waals surface area contributed by atoms with Gasteiger partial charge in [-0.15, -0.1) is 0 Å². The fraction of sp³-hybridized carbons (Fsp3) is 0.150. The number of carbonyl (C=O) groups excluding carboxylic acids is 2. The molecule has 1 aliphatic heterocycles. The number of allylic oxidation sites excluding steroid dienone is 1. The van der Waals surface area contributed by atoms with Crippen LogP contribution in [0.2, 0.25) is 0 Å².